The molecule has 0 aromatic carbocycles. The van der Waals surface area contributed by atoms with E-state index in [-0.39, 0.29) is 0 Å². The lowest BCUT2D eigenvalue weighted by atomic mass is 9.96. The molecule has 0 aromatic heterocycles. The lowest BCUT2D eigenvalue weighted by Crippen LogP contribution is -2.48. The highest BCUT2D eigenvalue weighted by Crippen LogP contribution is 2.42. The summed E-state index contributed by atoms with van der Waals surface area (Å²) in [5.74, 6) is 0.762. The van der Waals surface area contributed by atoms with Crippen molar-refractivity contribution in [1.29, 1.82) is 0 Å². The first-order chi connectivity index (χ1) is 8.41. The van der Waals surface area contributed by atoms with Gasteiger partial charge < -0.3 is 4.43 Å². The van der Waals surface area contributed by atoms with Gasteiger partial charge in [-0.05, 0) is 41.8 Å². The van der Waals surface area contributed by atoms with Crippen LogP contribution in [-0.4, -0.2) is 14.9 Å². The maximum atomic E-state index is 6.66. The molecule has 0 radical (unpaired) electrons. The molecule has 2 heteroatoms. The molecule has 1 rings (SSSR count). The summed E-state index contributed by atoms with van der Waals surface area (Å²) in [6.07, 6.45) is 8.43. The minimum absolute atomic E-state index is 0.705. The Morgan fingerprint density at radius 2 is 1.56 bits per heavy atom. The van der Waals surface area contributed by atoms with Gasteiger partial charge in [0.2, 0.25) is 0 Å². The maximum Gasteiger partial charge on any atom is 0.200 e. The molecule has 0 aromatic rings. The number of rotatable bonds is 6. The lowest BCUT2D eigenvalue weighted by Gasteiger charge is -2.43. The molecule has 0 spiro atoms. The average molecular weight is 269 g/mol. The van der Waals surface area contributed by atoms with E-state index in [1.54, 1.807) is 0 Å². The predicted octanol–water partition coefficient (Wildman–Crippen LogP) is 5.53. The van der Waals surface area contributed by atoms with Crippen molar-refractivity contribution >= 4 is 8.32 Å². The largest absolute Gasteiger partial charge is 0.416 e. The molecule has 0 fully saturated rings. The van der Waals surface area contributed by atoms with Crippen molar-refractivity contribution in [3.8, 4) is 0 Å². The van der Waals surface area contributed by atoms with Gasteiger partial charge in [-0.3, -0.25) is 0 Å². The van der Waals surface area contributed by atoms with E-state index in [9.17, 15) is 0 Å². The van der Waals surface area contributed by atoms with Gasteiger partial charge in [-0.2, -0.15) is 0 Å². The molecule has 1 aliphatic carbocycles. The summed E-state index contributed by atoms with van der Waals surface area (Å²) in [5.41, 5.74) is 2.12. The molecule has 1 nitrogen and oxygen atoms in total. The van der Waals surface area contributed by atoms with Crippen molar-refractivity contribution in [2.75, 3.05) is 6.61 Å². The van der Waals surface area contributed by atoms with Gasteiger partial charge in [0.05, 0.1) is 0 Å². The van der Waals surface area contributed by atoms with Crippen LogP contribution in [0.5, 0.6) is 0 Å². The van der Waals surface area contributed by atoms with Gasteiger partial charge in [-0.15, -0.1) is 0 Å². The maximum absolute atomic E-state index is 6.66. The van der Waals surface area contributed by atoms with Gasteiger partial charge in [0.15, 0.2) is 8.32 Å². The van der Waals surface area contributed by atoms with Crippen LogP contribution in [0.3, 0.4) is 0 Å². The Morgan fingerprint density at radius 3 is 1.94 bits per heavy atom. The first-order valence-corrected chi connectivity index (χ1v) is 9.84. The van der Waals surface area contributed by atoms with Gasteiger partial charge in [0.25, 0.3) is 0 Å². The molecule has 0 amide bonds. The second-order valence-corrected chi connectivity index (χ2v) is 12.2. The highest BCUT2D eigenvalue weighted by atomic mass is 28.4. The van der Waals surface area contributed by atoms with E-state index in [0.29, 0.717) is 16.6 Å². The van der Waals surface area contributed by atoms with Gasteiger partial charge in [0.1, 0.15) is 0 Å². The highest BCUT2D eigenvalue weighted by Gasteiger charge is 2.45. The van der Waals surface area contributed by atoms with E-state index in [4.69, 9.17) is 4.43 Å². The Balaban J connectivity index is 2.69. The number of hydrogen-bond acceptors (Lipinski definition) is 1. The summed E-state index contributed by atoms with van der Waals surface area (Å²) >= 11 is 0. The Hall–Kier alpha value is -0.0831. The monoisotopic (exact) mass is 268 g/mol. The number of hydrogen-bond donors (Lipinski definition) is 0. The van der Waals surface area contributed by atoms with Crippen molar-refractivity contribution in [2.24, 2.45) is 5.92 Å². The fourth-order valence-electron chi connectivity index (χ4n) is 3.77. The second-order valence-electron chi connectivity index (χ2n) is 6.78. The zero-order valence-corrected chi connectivity index (χ0v) is 14.2. The molecular formula is C16H32OSi. The van der Waals surface area contributed by atoms with Gasteiger partial charge in [-0.25, -0.2) is 0 Å². The molecule has 0 saturated carbocycles. The third-order valence-corrected chi connectivity index (χ3v) is 10.7. The molecule has 1 unspecified atom stereocenters. The van der Waals surface area contributed by atoms with Crippen LogP contribution in [0.4, 0.5) is 0 Å². The molecule has 1 atom stereocenters. The normalized spacial score (nSPS) is 21.3. The van der Waals surface area contributed by atoms with E-state index in [1.165, 1.54) is 19.3 Å². The minimum Gasteiger partial charge on any atom is -0.416 e. The highest BCUT2D eigenvalue weighted by molar-refractivity contribution is 6.77. The molecule has 106 valence electrons. The van der Waals surface area contributed by atoms with Crippen LogP contribution >= 0.6 is 0 Å². The van der Waals surface area contributed by atoms with Crippen LogP contribution in [0.2, 0.25) is 16.6 Å². The second kappa shape index (κ2) is 6.90. The molecule has 0 N–H and O–H groups in total. The smallest absolute Gasteiger partial charge is 0.200 e. The fourth-order valence-corrected chi connectivity index (χ4v) is 9.29. The van der Waals surface area contributed by atoms with Crippen molar-refractivity contribution < 1.29 is 4.43 Å². The molecule has 0 bridgehead atoms. The first kappa shape index (κ1) is 16.0. The van der Waals surface area contributed by atoms with E-state index >= 15 is 0 Å². The summed E-state index contributed by atoms with van der Waals surface area (Å²) in [4.78, 5) is 0. The molecule has 0 saturated heterocycles. The zero-order valence-electron chi connectivity index (χ0n) is 13.2. The van der Waals surface area contributed by atoms with Gasteiger partial charge in [0, 0.05) is 6.61 Å². The Kier molecular flexibility index (Phi) is 6.13. The Bertz CT molecular complexity index is 246. The number of allylic oxidation sites excluding steroid dienone is 2. The summed E-state index contributed by atoms with van der Waals surface area (Å²) in [5, 5.41) is 0. The topological polar surface area (TPSA) is 9.23 Å². The van der Waals surface area contributed by atoms with Crippen LogP contribution in [0, 0.1) is 5.92 Å². The zero-order chi connectivity index (χ0) is 13.8. The standard InChI is InChI=1S/C16H32OSi/c1-13(2)18(14(3)4,15(5)6)17-12-16-10-8-7-9-11-16/h7-8,13-16H,9-12H2,1-6H3. The summed E-state index contributed by atoms with van der Waals surface area (Å²) in [6, 6.07) is 0. The van der Waals surface area contributed by atoms with Crippen LogP contribution in [0.1, 0.15) is 60.8 Å². The molecule has 1 aliphatic rings. The van der Waals surface area contributed by atoms with Gasteiger partial charge in [-0.1, -0.05) is 53.7 Å². The van der Waals surface area contributed by atoms with Crippen molar-refractivity contribution in [3.63, 3.8) is 0 Å². The van der Waals surface area contributed by atoms with Crippen molar-refractivity contribution in [2.45, 2.75) is 77.4 Å². The van der Waals surface area contributed by atoms with Crippen molar-refractivity contribution in [1.82, 2.24) is 0 Å². The Labute approximate surface area is 115 Å². The molecule has 18 heavy (non-hydrogen) atoms. The third-order valence-electron chi connectivity index (χ3n) is 4.65. The summed E-state index contributed by atoms with van der Waals surface area (Å²) < 4.78 is 6.66. The van der Waals surface area contributed by atoms with Crippen molar-refractivity contribution in [3.05, 3.63) is 12.2 Å². The first-order valence-electron chi connectivity index (χ1n) is 7.70. The molecule has 0 aliphatic heterocycles. The quantitative estimate of drug-likeness (QED) is 0.454. The summed E-state index contributed by atoms with van der Waals surface area (Å²) in [7, 11) is -1.64. The van der Waals surface area contributed by atoms with Crippen LogP contribution in [0.25, 0.3) is 0 Å². The third kappa shape index (κ3) is 3.48. The average Bonchev–Trinajstić information content (AvgIpc) is 2.29. The van der Waals surface area contributed by atoms with Crippen LogP contribution < -0.4 is 0 Å². The lowest BCUT2D eigenvalue weighted by molar-refractivity contribution is 0.212. The summed E-state index contributed by atoms with van der Waals surface area (Å²) in [6.45, 7) is 15.2. The predicted molar refractivity (Wildman–Crippen MR) is 83.5 cm³/mol. The Morgan fingerprint density at radius 1 is 1.00 bits per heavy atom. The van der Waals surface area contributed by atoms with Crippen LogP contribution in [-0.2, 0) is 4.43 Å². The molecule has 0 heterocycles. The van der Waals surface area contributed by atoms with Crippen LogP contribution in [0.15, 0.2) is 12.2 Å². The fraction of sp³-hybridized carbons (Fsp3) is 0.875. The SMILES string of the molecule is CC(C)[Si](OCC1CC=CCC1)(C(C)C)C(C)C. The van der Waals surface area contributed by atoms with E-state index in [2.05, 4.69) is 53.7 Å². The van der Waals surface area contributed by atoms with E-state index in [0.717, 1.165) is 12.5 Å². The molecular weight excluding hydrogens is 236 g/mol. The van der Waals surface area contributed by atoms with E-state index in [1.807, 2.05) is 0 Å². The van der Waals surface area contributed by atoms with E-state index < -0.39 is 8.32 Å². The van der Waals surface area contributed by atoms with Gasteiger partial charge >= 0.3 is 0 Å². The minimum atomic E-state index is -1.64.